The zero-order valence-corrected chi connectivity index (χ0v) is 11.1. The quantitative estimate of drug-likeness (QED) is 0.667. The van der Waals surface area contributed by atoms with E-state index in [1.807, 2.05) is 24.3 Å². The number of benzene rings is 1. The standard InChI is InChI=1S/C13H14INO/c14-11-5-7-12(8-6-11)15-13(16)9-10-3-1-2-4-10/h1,3,5-8,10H,2,4,9H2,(H,15,16)/t10-/m0/s1. The second-order valence-electron chi connectivity index (χ2n) is 4.02. The summed E-state index contributed by atoms with van der Waals surface area (Å²) in [5.74, 6) is 0.543. The van der Waals surface area contributed by atoms with Crippen molar-refractivity contribution in [2.45, 2.75) is 19.3 Å². The predicted octanol–water partition coefficient (Wildman–Crippen LogP) is 3.59. The van der Waals surface area contributed by atoms with Gasteiger partial charge in [-0.25, -0.2) is 0 Å². The van der Waals surface area contributed by atoms with Crippen LogP contribution in [0.1, 0.15) is 19.3 Å². The molecule has 0 aliphatic heterocycles. The number of halogens is 1. The summed E-state index contributed by atoms with van der Waals surface area (Å²) in [4.78, 5) is 11.7. The molecule has 1 amide bonds. The zero-order chi connectivity index (χ0) is 11.4. The molecule has 3 heteroatoms. The largest absolute Gasteiger partial charge is 0.326 e. The van der Waals surface area contributed by atoms with Crippen molar-refractivity contribution in [1.82, 2.24) is 0 Å². The first kappa shape index (κ1) is 11.6. The molecule has 0 spiro atoms. The molecule has 1 aromatic rings. The monoisotopic (exact) mass is 327 g/mol. The Bertz CT molecular complexity index is 397. The Hall–Kier alpha value is -0.840. The van der Waals surface area contributed by atoms with Crippen molar-refractivity contribution in [3.8, 4) is 0 Å². The lowest BCUT2D eigenvalue weighted by molar-refractivity contribution is -0.116. The van der Waals surface area contributed by atoms with Crippen molar-refractivity contribution in [2.75, 3.05) is 5.32 Å². The molecule has 0 saturated heterocycles. The first-order valence-electron chi connectivity index (χ1n) is 5.46. The van der Waals surface area contributed by atoms with Gasteiger partial charge in [-0.3, -0.25) is 4.79 Å². The van der Waals surface area contributed by atoms with Gasteiger partial charge in [0.05, 0.1) is 0 Å². The van der Waals surface area contributed by atoms with Crippen molar-refractivity contribution in [1.29, 1.82) is 0 Å². The number of hydrogen-bond acceptors (Lipinski definition) is 1. The number of carbonyl (C=O) groups excluding carboxylic acids is 1. The first-order valence-corrected chi connectivity index (χ1v) is 6.54. The van der Waals surface area contributed by atoms with Gasteiger partial charge < -0.3 is 5.32 Å². The van der Waals surface area contributed by atoms with Gasteiger partial charge in [0.2, 0.25) is 5.91 Å². The van der Waals surface area contributed by atoms with Gasteiger partial charge in [-0.05, 0) is 65.6 Å². The number of anilines is 1. The fraction of sp³-hybridized carbons (Fsp3) is 0.308. The molecule has 0 bridgehead atoms. The molecule has 0 saturated carbocycles. The van der Waals surface area contributed by atoms with Crippen LogP contribution in [-0.2, 0) is 4.79 Å². The maximum Gasteiger partial charge on any atom is 0.224 e. The minimum Gasteiger partial charge on any atom is -0.326 e. The van der Waals surface area contributed by atoms with Crippen molar-refractivity contribution >= 4 is 34.2 Å². The molecule has 1 aromatic carbocycles. The van der Waals surface area contributed by atoms with Gasteiger partial charge >= 0.3 is 0 Å². The summed E-state index contributed by atoms with van der Waals surface area (Å²) in [6.07, 6.45) is 7.13. The van der Waals surface area contributed by atoms with Crippen LogP contribution < -0.4 is 5.32 Å². The van der Waals surface area contributed by atoms with Crippen LogP contribution in [0.5, 0.6) is 0 Å². The normalized spacial score (nSPS) is 18.7. The second-order valence-corrected chi connectivity index (χ2v) is 5.27. The van der Waals surface area contributed by atoms with Crippen LogP contribution in [0.3, 0.4) is 0 Å². The third-order valence-electron chi connectivity index (χ3n) is 2.69. The zero-order valence-electron chi connectivity index (χ0n) is 8.95. The Kier molecular flexibility index (Phi) is 3.98. The molecule has 1 N–H and O–H groups in total. The van der Waals surface area contributed by atoms with Gasteiger partial charge in [0.15, 0.2) is 0 Å². The molecule has 0 fully saturated rings. The minimum atomic E-state index is 0.109. The van der Waals surface area contributed by atoms with E-state index >= 15 is 0 Å². The molecular weight excluding hydrogens is 313 g/mol. The minimum absolute atomic E-state index is 0.109. The van der Waals surface area contributed by atoms with E-state index in [2.05, 4.69) is 40.1 Å². The number of nitrogens with one attached hydrogen (secondary N) is 1. The summed E-state index contributed by atoms with van der Waals surface area (Å²) >= 11 is 2.25. The number of rotatable bonds is 3. The van der Waals surface area contributed by atoms with Gasteiger partial charge in [-0.15, -0.1) is 0 Å². The van der Waals surface area contributed by atoms with E-state index < -0.39 is 0 Å². The Balaban J connectivity index is 1.86. The summed E-state index contributed by atoms with van der Waals surface area (Å²) in [6, 6.07) is 7.85. The first-order chi connectivity index (χ1) is 7.74. The van der Waals surface area contributed by atoms with Crippen LogP contribution in [-0.4, -0.2) is 5.91 Å². The van der Waals surface area contributed by atoms with Gasteiger partial charge in [0.1, 0.15) is 0 Å². The maximum absolute atomic E-state index is 11.7. The highest BCUT2D eigenvalue weighted by molar-refractivity contribution is 14.1. The summed E-state index contributed by atoms with van der Waals surface area (Å²) in [5.41, 5.74) is 0.882. The lowest BCUT2D eigenvalue weighted by Crippen LogP contribution is -2.14. The van der Waals surface area contributed by atoms with Gasteiger partial charge in [-0.1, -0.05) is 12.2 Å². The average molecular weight is 327 g/mol. The summed E-state index contributed by atoms with van der Waals surface area (Å²) < 4.78 is 1.18. The number of carbonyl (C=O) groups is 1. The van der Waals surface area contributed by atoms with Gasteiger partial charge in [0.25, 0.3) is 0 Å². The Morgan fingerprint density at radius 2 is 2.12 bits per heavy atom. The summed E-state index contributed by atoms with van der Waals surface area (Å²) in [5, 5.41) is 2.92. The van der Waals surface area contributed by atoms with Crippen LogP contribution >= 0.6 is 22.6 Å². The van der Waals surface area contributed by atoms with Crippen LogP contribution in [0.4, 0.5) is 5.69 Å². The van der Waals surface area contributed by atoms with Gasteiger partial charge in [-0.2, -0.15) is 0 Å². The molecule has 84 valence electrons. The van der Waals surface area contributed by atoms with Crippen LogP contribution in [0.15, 0.2) is 36.4 Å². The molecular formula is C13H14INO. The molecule has 0 radical (unpaired) electrons. The van der Waals surface area contributed by atoms with E-state index in [-0.39, 0.29) is 5.91 Å². The summed E-state index contributed by atoms with van der Waals surface area (Å²) in [7, 11) is 0. The molecule has 1 aliphatic rings. The van der Waals surface area contributed by atoms with E-state index in [0.717, 1.165) is 18.5 Å². The maximum atomic E-state index is 11.7. The fourth-order valence-corrected chi connectivity index (χ4v) is 2.21. The van der Waals surface area contributed by atoms with E-state index in [1.54, 1.807) is 0 Å². The highest BCUT2D eigenvalue weighted by Crippen LogP contribution is 2.21. The lowest BCUT2D eigenvalue weighted by Gasteiger charge is -2.08. The lowest BCUT2D eigenvalue weighted by atomic mass is 10.1. The summed E-state index contributed by atoms with van der Waals surface area (Å²) in [6.45, 7) is 0. The van der Waals surface area contributed by atoms with E-state index in [1.165, 1.54) is 3.57 Å². The predicted molar refractivity (Wildman–Crippen MR) is 74.3 cm³/mol. The van der Waals surface area contributed by atoms with E-state index in [0.29, 0.717) is 12.3 Å². The molecule has 0 unspecified atom stereocenters. The van der Waals surface area contributed by atoms with Gasteiger partial charge in [0, 0.05) is 15.7 Å². The van der Waals surface area contributed by atoms with Crippen LogP contribution in [0.2, 0.25) is 0 Å². The molecule has 1 aliphatic carbocycles. The van der Waals surface area contributed by atoms with Crippen LogP contribution in [0.25, 0.3) is 0 Å². The Labute approximate surface area is 109 Å². The Morgan fingerprint density at radius 1 is 1.38 bits per heavy atom. The molecule has 2 rings (SSSR count). The molecule has 1 atom stereocenters. The average Bonchev–Trinajstić information content (AvgIpc) is 2.74. The molecule has 2 nitrogen and oxygen atoms in total. The number of amides is 1. The topological polar surface area (TPSA) is 29.1 Å². The SMILES string of the molecule is O=C(C[C@H]1C=CCC1)Nc1ccc(I)cc1. The highest BCUT2D eigenvalue weighted by atomic mass is 127. The van der Waals surface area contributed by atoms with E-state index in [4.69, 9.17) is 0 Å². The number of allylic oxidation sites excluding steroid dienone is 2. The molecule has 0 heterocycles. The van der Waals surface area contributed by atoms with Crippen molar-refractivity contribution in [2.24, 2.45) is 5.92 Å². The van der Waals surface area contributed by atoms with Crippen molar-refractivity contribution < 1.29 is 4.79 Å². The van der Waals surface area contributed by atoms with Crippen molar-refractivity contribution in [3.05, 3.63) is 40.0 Å². The highest BCUT2D eigenvalue weighted by Gasteiger charge is 2.13. The second kappa shape index (κ2) is 5.48. The molecule has 16 heavy (non-hydrogen) atoms. The molecule has 0 aromatic heterocycles. The fourth-order valence-electron chi connectivity index (χ4n) is 1.85. The third kappa shape index (κ3) is 3.33. The smallest absolute Gasteiger partial charge is 0.224 e. The Morgan fingerprint density at radius 3 is 2.75 bits per heavy atom. The van der Waals surface area contributed by atoms with Crippen LogP contribution in [0, 0.1) is 9.49 Å². The van der Waals surface area contributed by atoms with E-state index in [9.17, 15) is 4.79 Å². The van der Waals surface area contributed by atoms with Crippen molar-refractivity contribution in [3.63, 3.8) is 0 Å². The number of hydrogen-bond donors (Lipinski definition) is 1. The third-order valence-corrected chi connectivity index (χ3v) is 3.41.